The molecule has 0 atom stereocenters. The fourth-order valence-electron chi connectivity index (χ4n) is 3.93. The summed E-state index contributed by atoms with van der Waals surface area (Å²) in [6.07, 6.45) is 0. The second-order valence-electron chi connectivity index (χ2n) is 8.19. The molecule has 0 unspecified atom stereocenters. The lowest BCUT2D eigenvalue weighted by atomic mass is 10.0. The topological polar surface area (TPSA) is 124 Å². The molecule has 37 heavy (non-hydrogen) atoms. The summed E-state index contributed by atoms with van der Waals surface area (Å²) in [4.78, 5) is 24.3. The van der Waals surface area contributed by atoms with Crippen LogP contribution in [-0.4, -0.2) is 54.5 Å². The number of aryl methyl sites for hydroxylation is 1. The minimum absolute atomic E-state index is 0.116. The number of nitrogens with zero attached hydrogens (tertiary/aromatic N) is 5. The minimum Gasteiger partial charge on any atom is -0.471 e. The van der Waals surface area contributed by atoms with Crippen molar-refractivity contribution in [3.05, 3.63) is 63.6 Å². The third-order valence-electron chi connectivity index (χ3n) is 5.79. The van der Waals surface area contributed by atoms with Crippen molar-refractivity contribution in [3.63, 3.8) is 0 Å². The first-order valence-electron chi connectivity index (χ1n) is 11.5. The van der Waals surface area contributed by atoms with Crippen LogP contribution < -0.4 is 9.64 Å². The monoisotopic (exact) mass is 517 g/mol. The highest BCUT2D eigenvalue weighted by molar-refractivity contribution is 7.13. The maximum atomic E-state index is 11.8. The van der Waals surface area contributed by atoms with Gasteiger partial charge in [0.2, 0.25) is 5.88 Å². The Morgan fingerprint density at radius 1 is 1.16 bits per heavy atom. The van der Waals surface area contributed by atoms with Gasteiger partial charge in [-0.2, -0.15) is 10.2 Å². The quantitative estimate of drug-likeness (QED) is 0.329. The van der Waals surface area contributed by atoms with Crippen LogP contribution >= 0.6 is 11.3 Å². The Morgan fingerprint density at radius 2 is 1.95 bits per heavy atom. The first-order chi connectivity index (χ1) is 18.1. The molecule has 1 fully saturated rings. The van der Waals surface area contributed by atoms with Crippen molar-refractivity contribution >= 4 is 23.0 Å². The predicted octanol–water partition coefficient (Wildman–Crippen LogP) is 4.24. The normalized spacial score (nSPS) is 13.3. The number of rotatable bonds is 7. The van der Waals surface area contributed by atoms with Gasteiger partial charge in [0.05, 0.1) is 31.6 Å². The van der Waals surface area contributed by atoms with Crippen LogP contribution in [0.4, 0.5) is 5.69 Å². The number of carbonyl (C=O) groups is 1. The Kier molecular flexibility index (Phi) is 7.11. The Balaban J connectivity index is 1.49. The Hall–Kier alpha value is -4.27. The largest absolute Gasteiger partial charge is 0.471 e. The molecule has 0 radical (unpaired) electrons. The molecule has 1 aliphatic rings. The lowest BCUT2D eigenvalue weighted by Crippen LogP contribution is -2.36. The number of aromatic nitrogens is 3. The van der Waals surface area contributed by atoms with Crippen LogP contribution in [0.1, 0.15) is 25.9 Å². The fourth-order valence-corrected chi connectivity index (χ4v) is 4.77. The van der Waals surface area contributed by atoms with Crippen LogP contribution in [0.25, 0.3) is 22.7 Å². The molecule has 10 nitrogen and oxygen atoms in total. The predicted molar refractivity (Wildman–Crippen MR) is 135 cm³/mol. The van der Waals surface area contributed by atoms with Gasteiger partial charge in [-0.3, -0.25) is 0 Å². The van der Waals surface area contributed by atoms with Gasteiger partial charge in [0.15, 0.2) is 5.82 Å². The van der Waals surface area contributed by atoms with E-state index in [2.05, 4.69) is 26.1 Å². The van der Waals surface area contributed by atoms with Crippen molar-refractivity contribution in [2.45, 2.75) is 13.5 Å². The molecule has 11 heteroatoms. The molecule has 4 heterocycles. The molecule has 188 valence electrons. The van der Waals surface area contributed by atoms with Gasteiger partial charge in [0, 0.05) is 29.2 Å². The molecule has 0 saturated carbocycles. The molecule has 1 aromatic carbocycles. The van der Waals surface area contributed by atoms with E-state index in [1.54, 1.807) is 25.1 Å². The summed E-state index contributed by atoms with van der Waals surface area (Å²) in [5, 5.41) is 13.9. The standard InChI is InChI=1S/C26H23N5O5S/c1-16-28-25(36-30-16)20-13-22(17-3-5-18(6-4-17)31-9-11-34-12-10-31)29-24(21(20)14-27)35-15-19-7-8-23(37-19)26(32)33-2/h3-8,13H,9-12,15H2,1-2H3. The van der Waals surface area contributed by atoms with E-state index in [4.69, 9.17) is 18.7 Å². The van der Waals surface area contributed by atoms with Crippen molar-refractivity contribution < 1.29 is 23.5 Å². The molecular formula is C26H23N5O5S. The smallest absolute Gasteiger partial charge is 0.348 e. The van der Waals surface area contributed by atoms with Gasteiger partial charge in [-0.05, 0) is 37.3 Å². The van der Waals surface area contributed by atoms with Crippen LogP contribution in [0.2, 0.25) is 0 Å². The molecule has 5 rings (SSSR count). The van der Waals surface area contributed by atoms with Crippen molar-refractivity contribution in [2.75, 3.05) is 38.3 Å². The molecule has 4 aromatic rings. The molecule has 1 saturated heterocycles. The van der Waals surface area contributed by atoms with E-state index in [0.29, 0.717) is 35.2 Å². The van der Waals surface area contributed by atoms with E-state index in [1.807, 2.05) is 24.3 Å². The van der Waals surface area contributed by atoms with E-state index in [-0.39, 0.29) is 23.9 Å². The number of methoxy groups -OCH3 is 1. The number of morpholine rings is 1. The summed E-state index contributed by atoms with van der Waals surface area (Å²) >= 11 is 1.25. The minimum atomic E-state index is -0.413. The third kappa shape index (κ3) is 5.30. The van der Waals surface area contributed by atoms with Crippen molar-refractivity contribution in [1.29, 1.82) is 5.26 Å². The molecule has 0 N–H and O–H groups in total. The van der Waals surface area contributed by atoms with Crippen molar-refractivity contribution in [3.8, 4) is 34.7 Å². The van der Waals surface area contributed by atoms with Crippen LogP contribution in [0, 0.1) is 18.3 Å². The molecular weight excluding hydrogens is 494 g/mol. The number of hydrogen-bond donors (Lipinski definition) is 0. The fraction of sp³-hybridized carbons (Fsp3) is 0.269. The number of thiophene rings is 1. The van der Waals surface area contributed by atoms with Crippen LogP contribution in [0.3, 0.4) is 0 Å². The summed E-state index contributed by atoms with van der Waals surface area (Å²) in [5.41, 5.74) is 3.15. The zero-order valence-electron chi connectivity index (χ0n) is 20.3. The SMILES string of the molecule is COC(=O)c1ccc(COc2nc(-c3ccc(N4CCOCC4)cc3)cc(-c3nc(C)no3)c2C#N)s1. The average molecular weight is 518 g/mol. The number of benzene rings is 1. The zero-order chi connectivity index (χ0) is 25.8. The van der Waals surface area contributed by atoms with Crippen LogP contribution in [-0.2, 0) is 16.1 Å². The molecule has 0 bridgehead atoms. The van der Waals surface area contributed by atoms with Gasteiger partial charge in [-0.1, -0.05) is 17.3 Å². The van der Waals surface area contributed by atoms with E-state index in [9.17, 15) is 10.1 Å². The van der Waals surface area contributed by atoms with Crippen LogP contribution in [0.5, 0.6) is 5.88 Å². The maximum absolute atomic E-state index is 11.8. The van der Waals surface area contributed by atoms with Crippen molar-refractivity contribution in [1.82, 2.24) is 15.1 Å². The van der Waals surface area contributed by atoms with Crippen LogP contribution in [0.15, 0.2) is 47.0 Å². The summed E-state index contributed by atoms with van der Waals surface area (Å²) in [5.74, 6) is 0.375. The Bertz CT molecular complexity index is 1450. The lowest BCUT2D eigenvalue weighted by molar-refractivity contribution is 0.0606. The molecule has 1 aliphatic heterocycles. The van der Waals surface area contributed by atoms with Gasteiger partial charge in [0.1, 0.15) is 23.1 Å². The van der Waals surface area contributed by atoms with Gasteiger partial charge in [-0.25, -0.2) is 9.78 Å². The second kappa shape index (κ2) is 10.8. The highest BCUT2D eigenvalue weighted by Crippen LogP contribution is 2.34. The maximum Gasteiger partial charge on any atom is 0.348 e. The number of anilines is 1. The highest BCUT2D eigenvalue weighted by atomic mass is 32.1. The van der Waals surface area contributed by atoms with Gasteiger partial charge in [0.25, 0.3) is 5.89 Å². The molecule has 0 aliphatic carbocycles. The van der Waals surface area contributed by atoms with Gasteiger partial charge in [-0.15, -0.1) is 11.3 Å². The number of pyridine rings is 1. The number of ether oxygens (including phenoxy) is 3. The Morgan fingerprint density at radius 3 is 2.62 bits per heavy atom. The number of carbonyl (C=O) groups excluding carboxylic acids is 1. The van der Waals surface area contributed by atoms with Crippen molar-refractivity contribution in [2.24, 2.45) is 0 Å². The number of esters is 1. The molecule has 0 amide bonds. The van der Waals surface area contributed by atoms with Gasteiger partial charge < -0.3 is 23.6 Å². The lowest BCUT2D eigenvalue weighted by Gasteiger charge is -2.28. The van der Waals surface area contributed by atoms with E-state index >= 15 is 0 Å². The van der Waals surface area contributed by atoms with E-state index in [1.165, 1.54) is 18.4 Å². The van der Waals surface area contributed by atoms with Gasteiger partial charge >= 0.3 is 5.97 Å². The first-order valence-corrected chi connectivity index (χ1v) is 12.4. The molecule has 3 aromatic heterocycles. The first kappa shape index (κ1) is 24.4. The summed E-state index contributed by atoms with van der Waals surface area (Å²) in [6.45, 7) is 4.92. The van der Waals surface area contributed by atoms with E-state index < -0.39 is 5.97 Å². The highest BCUT2D eigenvalue weighted by Gasteiger charge is 2.21. The summed E-state index contributed by atoms with van der Waals surface area (Å²) in [6, 6.07) is 15.4. The Labute approximate surface area is 217 Å². The molecule has 0 spiro atoms. The third-order valence-corrected chi connectivity index (χ3v) is 6.83. The number of nitriles is 1. The number of hydrogen-bond acceptors (Lipinski definition) is 11. The average Bonchev–Trinajstić information content (AvgIpc) is 3.60. The van der Waals surface area contributed by atoms with E-state index in [0.717, 1.165) is 29.2 Å². The summed E-state index contributed by atoms with van der Waals surface area (Å²) in [7, 11) is 1.33. The summed E-state index contributed by atoms with van der Waals surface area (Å²) < 4.78 is 21.6. The zero-order valence-corrected chi connectivity index (χ0v) is 21.1. The second-order valence-corrected chi connectivity index (χ2v) is 9.35.